The molecule has 4 nitrogen and oxygen atoms in total. The Hall–Kier alpha value is -0.910. The average Bonchev–Trinajstić information content (AvgIpc) is 2.70. The molecule has 0 aromatic heterocycles. The van der Waals surface area contributed by atoms with E-state index in [-0.39, 0.29) is 17.2 Å². The van der Waals surface area contributed by atoms with Crippen LogP contribution in [-0.4, -0.2) is 21.5 Å². The molecule has 0 aliphatic heterocycles. The number of rotatable bonds is 6. The van der Waals surface area contributed by atoms with Gasteiger partial charge in [0.25, 0.3) is 0 Å². The minimum Gasteiger partial charge on any atom is -0.316 e. The lowest BCUT2D eigenvalue weighted by Gasteiger charge is -2.27. The van der Waals surface area contributed by atoms with Crippen LogP contribution in [-0.2, 0) is 22.3 Å². The lowest BCUT2D eigenvalue weighted by Crippen LogP contribution is -2.41. The van der Waals surface area contributed by atoms with E-state index in [9.17, 15) is 8.42 Å². The van der Waals surface area contributed by atoms with Crippen LogP contribution in [0.3, 0.4) is 0 Å². The minimum atomic E-state index is -3.28. The second-order valence-electron chi connectivity index (χ2n) is 6.66. The first kappa shape index (κ1) is 16.5. The zero-order valence-corrected chi connectivity index (χ0v) is 14.0. The molecule has 2 N–H and O–H groups in total. The third-order valence-corrected chi connectivity index (χ3v) is 5.70. The molecule has 1 fully saturated rings. The SMILES string of the molecule is CNCc1ccc(CS(=O)(=O)NC2CCCC2(C)C)cc1. The Kier molecular flexibility index (Phi) is 5.07. The van der Waals surface area contributed by atoms with E-state index in [0.29, 0.717) is 0 Å². The quantitative estimate of drug-likeness (QED) is 0.848. The van der Waals surface area contributed by atoms with Gasteiger partial charge in [0.1, 0.15) is 0 Å². The van der Waals surface area contributed by atoms with Crippen LogP contribution in [0.1, 0.15) is 44.2 Å². The van der Waals surface area contributed by atoms with Gasteiger partial charge in [0.15, 0.2) is 0 Å². The van der Waals surface area contributed by atoms with Crippen LogP contribution in [0.5, 0.6) is 0 Å². The molecule has 0 amide bonds. The summed E-state index contributed by atoms with van der Waals surface area (Å²) in [5, 5.41) is 3.08. The number of nitrogens with one attached hydrogen (secondary N) is 2. The highest BCUT2D eigenvalue weighted by Gasteiger charge is 2.36. The predicted octanol–water partition coefficient (Wildman–Crippen LogP) is 2.40. The molecule has 0 spiro atoms. The van der Waals surface area contributed by atoms with Gasteiger partial charge in [0.2, 0.25) is 10.0 Å². The van der Waals surface area contributed by atoms with Crippen molar-refractivity contribution in [2.45, 2.75) is 51.4 Å². The van der Waals surface area contributed by atoms with Gasteiger partial charge in [0.05, 0.1) is 5.75 Å². The molecule has 1 aromatic rings. The summed E-state index contributed by atoms with van der Waals surface area (Å²) >= 11 is 0. The van der Waals surface area contributed by atoms with Crippen molar-refractivity contribution in [3.8, 4) is 0 Å². The highest BCUT2D eigenvalue weighted by atomic mass is 32.2. The van der Waals surface area contributed by atoms with Gasteiger partial charge < -0.3 is 5.32 Å². The van der Waals surface area contributed by atoms with Gasteiger partial charge in [-0.05, 0) is 36.4 Å². The third kappa shape index (κ3) is 4.53. The fourth-order valence-corrected chi connectivity index (χ4v) is 4.57. The summed E-state index contributed by atoms with van der Waals surface area (Å²) in [6, 6.07) is 7.80. The van der Waals surface area contributed by atoms with Crippen LogP contribution < -0.4 is 10.0 Å². The molecule has 0 heterocycles. The van der Waals surface area contributed by atoms with Crippen molar-refractivity contribution in [1.29, 1.82) is 0 Å². The molecule has 0 bridgehead atoms. The maximum atomic E-state index is 12.3. The molecule has 1 atom stereocenters. The minimum absolute atomic E-state index is 0.0550. The standard InChI is InChI=1S/C16H26N2O2S/c1-16(2)10-4-5-15(16)18-21(19,20)12-14-8-6-13(7-9-14)11-17-3/h6-9,15,17-18H,4-5,10-12H2,1-3H3. The van der Waals surface area contributed by atoms with E-state index in [4.69, 9.17) is 0 Å². The first-order chi connectivity index (χ1) is 9.82. The summed E-state index contributed by atoms with van der Waals surface area (Å²) in [5.41, 5.74) is 2.05. The Labute approximate surface area is 128 Å². The van der Waals surface area contributed by atoms with E-state index in [1.165, 1.54) is 0 Å². The maximum Gasteiger partial charge on any atom is 0.216 e. The molecule has 1 aliphatic rings. The molecule has 5 heteroatoms. The van der Waals surface area contributed by atoms with Crippen molar-refractivity contribution in [2.75, 3.05) is 7.05 Å². The number of hydrogen-bond donors (Lipinski definition) is 2. The van der Waals surface area contributed by atoms with E-state index in [1.807, 2.05) is 31.3 Å². The summed E-state index contributed by atoms with van der Waals surface area (Å²) in [6.45, 7) is 5.07. The summed E-state index contributed by atoms with van der Waals surface area (Å²) < 4.78 is 27.6. The zero-order valence-electron chi connectivity index (χ0n) is 13.1. The Morgan fingerprint density at radius 3 is 2.33 bits per heavy atom. The van der Waals surface area contributed by atoms with E-state index in [1.54, 1.807) is 0 Å². The van der Waals surface area contributed by atoms with Gasteiger partial charge in [-0.15, -0.1) is 0 Å². The average molecular weight is 310 g/mol. The number of sulfonamides is 1. The summed E-state index contributed by atoms with van der Waals surface area (Å²) in [4.78, 5) is 0. The Balaban J connectivity index is 2.00. The topological polar surface area (TPSA) is 58.2 Å². The van der Waals surface area contributed by atoms with Crippen molar-refractivity contribution in [1.82, 2.24) is 10.0 Å². The molecule has 1 aliphatic carbocycles. The van der Waals surface area contributed by atoms with Crippen LogP contribution in [0.2, 0.25) is 0 Å². The first-order valence-electron chi connectivity index (χ1n) is 7.55. The van der Waals surface area contributed by atoms with Crippen molar-refractivity contribution in [3.05, 3.63) is 35.4 Å². The van der Waals surface area contributed by atoms with E-state index < -0.39 is 10.0 Å². The maximum absolute atomic E-state index is 12.3. The van der Waals surface area contributed by atoms with Crippen molar-refractivity contribution >= 4 is 10.0 Å². The highest BCUT2D eigenvalue weighted by molar-refractivity contribution is 7.88. The third-order valence-electron chi connectivity index (χ3n) is 4.34. The molecule has 0 radical (unpaired) electrons. The van der Waals surface area contributed by atoms with Crippen molar-refractivity contribution in [2.24, 2.45) is 5.41 Å². The van der Waals surface area contributed by atoms with Gasteiger partial charge >= 0.3 is 0 Å². The molecular weight excluding hydrogens is 284 g/mol. The van der Waals surface area contributed by atoms with Crippen molar-refractivity contribution < 1.29 is 8.42 Å². The smallest absolute Gasteiger partial charge is 0.216 e. The Bertz CT molecular complexity index is 564. The molecule has 118 valence electrons. The summed E-state index contributed by atoms with van der Waals surface area (Å²) in [7, 11) is -1.39. The van der Waals surface area contributed by atoms with Gasteiger partial charge in [-0.25, -0.2) is 13.1 Å². The monoisotopic (exact) mass is 310 g/mol. The summed E-state index contributed by atoms with van der Waals surface area (Å²) in [6.07, 6.45) is 3.12. The molecule has 1 saturated carbocycles. The van der Waals surface area contributed by atoms with Crippen LogP contribution in [0.25, 0.3) is 0 Å². The highest BCUT2D eigenvalue weighted by Crippen LogP contribution is 2.37. The zero-order chi connectivity index (χ0) is 15.5. The van der Waals surface area contributed by atoms with Gasteiger partial charge in [-0.1, -0.05) is 44.5 Å². The number of hydrogen-bond acceptors (Lipinski definition) is 3. The molecule has 2 rings (SSSR count). The van der Waals surface area contributed by atoms with Gasteiger partial charge in [-0.3, -0.25) is 0 Å². The van der Waals surface area contributed by atoms with Crippen LogP contribution in [0.15, 0.2) is 24.3 Å². The van der Waals surface area contributed by atoms with Crippen LogP contribution in [0, 0.1) is 5.41 Å². The predicted molar refractivity (Wildman–Crippen MR) is 86.4 cm³/mol. The second-order valence-corrected chi connectivity index (χ2v) is 8.41. The van der Waals surface area contributed by atoms with E-state index in [0.717, 1.165) is 36.9 Å². The fraction of sp³-hybridized carbons (Fsp3) is 0.625. The second kappa shape index (κ2) is 6.46. The Morgan fingerprint density at radius 2 is 1.81 bits per heavy atom. The number of benzene rings is 1. The molecular formula is C16H26N2O2S. The largest absolute Gasteiger partial charge is 0.316 e. The van der Waals surface area contributed by atoms with Crippen molar-refractivity contribution in [3.63, 3.8) is 0 Å². The fourth-order valence-electron chi connectivity index (χ4n) is 2.98. The van der Waals surface area contributed by atoms with Crippen LogP contribution >= 0.6 is 0 Å². The molecule has 0 saturated heterocycles. The van der Waals surface area contributed by atoms with E-state index in [2.05, 4.69) is 23.9 Å². The molecule has 1 unspecified atom stereocenters. The first-order valence-corrected chi connectivity index (χ1v) is 9.20. The van der Waals surface area contributed by atoms with E-state index >= 15 is 0 Å². The normalized spacial score (nSPS) is 21.6. The lowest BCUT2D eigenvalue weighted by molar-refractivity contribution is 0.313. The molecule has 21 heavy (non-hydrogen) atoms. The Morgan fingerprint density at radius 1 is 1.19 bits per heavy atom. The summed E-state index contributed by atoms with van der Waals surface area (Å²) in [5.74, 6) is 0.0550. The van der Waals surface area contributed by atoms with Gasteiger partial charge in [-0.2, -0.15) is 0 Å². The van der Waals surface area contributed by atoms with Gasteiger partial charge in [0, 0.05) is 12.6 Å². The molecule has 1 aromatic carbocycles. The lowest BCUT2D eigenvalue weighted by atomic mass is 9.88. The van der Waals surface area contributed by atoms with Crippen LogP contribution in [0.4, 0.5) is 0 Å².